The van der Waals surface area contributed by atoms with Crippen LogP contribution in [0.1, 0.15) is 10.5 Å². The van der Waals surface area contributed by atoms with Crippen molar-refractivity contribution in [1.82, 2.24) is 9.55 Å². The zero-order valence-corrected chi connectivity index (χ0v) is 9.67. The Morgan fingerprint density at radius 2 is 1.94 bits per heavy atom. The zero-order valence-electron chi connectivity index (χ0n) is 8.09. The van der Waals surface area contributed by atoms with Gasteiger partial charge in [-0.2, -0.15) is 0 Å². The van der Waals surface area contributed by atoms with E-state index in [1.54, 1.807) is 0 Å². The number of rotatable bonds is 1. The number of carbonyl (C=O) groups is 2. The largest absolute Gasteiger partial charge is 0.505 e. The van der Waals surface area contributed by atoms with Crippen molar-refractivity contribution in [3.63, 3.8) is 0 Å². The minimum absolute atomic E-state index is 0.0440. The van der Waals surface area contributed by atoms with Gasteiger partial charge in [0.1, 0.15) is 16.0 Å². The molecule has 0 aromatic carbocycles. The summed E-state index contributed by atoms with van der Waals surface area (Å²) in [6.07, 6.45) is -1.46. The number of fused-ring (bicyclic) bond motifs is 1. The summed E-state index contributed by atoms with van der Waals surface area (Å²) in [5.74, 6) is -1.59. The average Bonchev–Trinajstić information content (AvgIpc) is 2.57. The van der Waals surface area contributed by atoms with Crippen LogP contribution in [-0.2, 0) is 0 Å². The lowest BCUT2D eigenvalue weighted by Gasteiger charge is -2.01. The molecule has 0 aliphatic heterocycles. The molecule has 0 bridgehead atoms. The number of nitrogens with zero attached hydrogens (tertiary/aromatic N) is 2. The maximum atomic E-state index is 11.0. The molecule has 7 nitrogen and oxygen atoms in total. The first-order chi connectivity index (χ1) is 7.91. The number of carboxylic acids is 1. The zero-order chi connectivity index (χ0) is 12.7. The monoisotopic (exact) mass is 300 g/mol. The predicted octanol–water partition coefficient (Wildman–Crippen LogP) is 1.73. The number of hydrogen-bond donors (Lipinski definition) is 3. The maximum absolute atomic E-state index is 11.0. The van der Waals surface area contributed by atoms with E-state index in [4.69, 9.17) is 10.2 Å². The Hall–Kier alpha value is -2.09. The highest BCUT2D eigenvalue weighted by Crippen LogP contribution is 2.28. The lowest BCUT2D eigenvalue weighted by atomic mass is 10.3. The van der Waals surface area contributed by atoms with Gasteiger partial charge in [-0.3, -0.25) is 0 Å². The molecular formula is C9H5BrN2O5. The minimum atomic E-state index is -1.46. The van der Waals surface area contributed by atoms with E-state index in [-0.39, 0.29) is 21.4 Å². The van der Waals surface area contributed by atoms with Crippen LogP contribution in [0, 0.1) is 0 Å². The molecule has 0 saturated carbocycles. The third-order valence-corrected chi connectivity index (χ3v) is 2.70. The second kappa shape index (κ2) is 3.74. The molecule has 2 aromatic rings. The summed E-state index contributed by atoms with van der Waals surface area (Å²) in [6.45, 7) is 0. The molecule has 2 aromatic heterocycles. The molecule has 8 heteroatoms. The number of aromatic carboxylic acids is 1. The van der Waals surface area contributed by atoms with E-state index >= 15 is 0 Å². The van der Waals surface area contributed by atoms with E-state index in [0.29, 0.717) is 4.57 Å². The summed E-state index contributed by atoms with van der Waals surface area (Å²) >= 11 is 2.93. The van der Waals surface area contributed by atoms with Crippen LogP contribution in [0.25, 0.3) is 11.0 Å². The van der Waals surface area contributed by atoms with Gasteiger partial charge in [-0.25, -0.2) is 19.1 Å². The van der Waals surface area contributed by atoms with Gasteiger partial charge >= 0.3 is 12.1 Å². The van der Waals surface area contributed by atoms with Crippen molar-refractivity contribution >= 4 is 39.0 Å². The van der Waals surface area contributed by atoms with Crippen molar-refractivity contribution in [3.05, 3.63) is 22.4 Å². The molecule has 88 valence electrons. The predicted molar refractivity (Wildman–Crippen MR) is 59.5 cm³/mol. The molecule has 0 saturated heterocycles. The van der Waals surface area contributed by atoms with Crippen molar-refractivity contribution in [1.29, 1.82) is 0 Å². The quantitative estimate of drug-likeness (QED) is 0.691. The van der Waals surface area contributed by atoms with Crippen LogP contribution in [0.5, 0.6) is 5.75 Å². The lowest BCUT2D eigenvalue weighted by Crippen LogP contribution is -2.15. The second-order valence-corrected chi connectivity index (χ2v) is 3.91. The molecular weight excluding hydrogens is 296 g/mol. The number of carboxylic acid groups (broad SMARTS) is 2. The number of aromatic hydroxyl groups is 1. The van der Waals surface area contributed by atoms with Crippen LogP contribution in [0.2, 0.25) is 0 Å². The van der Waals surface area contributed by atoms with Gasteiger partial charge in [0, 0.05) is 5.39 Å². The van der Waals surface area contributed by atoms with E-state index in [9.17, 15) is 14.7 Å². The number of hydrogen-bond acceptors (Lipinski definition) is 4. The van der Waals surface area contributed by atoms with E-state index < -0.39 is 17.8 Å². The highest BCUT2D eigenvalue weighted by Gasteiger charge is 2.21. The van der Waals surface area contributed by atoms with Crippen molar-refractivity contribution in [2.75, 3.05) is 0 Å². The molecule has 2 rings (SSSR count). The number of aromatic nitrogens is 2. The second-order valence-electron chi connectivity index (χ2n) is 3.16. The summed E-state index contributed by atoms with van der Waals surface area (Å²) < 4.78 is 0.588. The molecule has 0 fully saturated rings. The summed E-state index contributed by atoms with van der Waals surface area (Å²) in [6, 6.07) is 2.36. The van der Waals surface area contributed by atoms with Gasteiger partial charge in [-0.05, 0) is 28.1 Å². The fourth-order valence-electron chi connectivity index (χ4n) is 1.45. The SMILES string of the molecule is O=C(O)c1cc2cc(O)c(Br)nc2n1C(=O)O. The molecule has 0 atom stereocenters. The molecule has 0 unspecified atom stereocenters. The van der Waals surface area contributed by atoms with E-state index in [0.717, 1.165) is 6.07 Å². The van der Waals surface area contributed by atoms with Gasteiger partial charge in [0.05, 0.1) is 0 Å². The normalized spacial score (nSPS) is 10.6. The van der Waals surface area contributed by atoms with Crippen LogP contribution < -0.4 is 0 Å². The topological polar surface area (TPSA) is 113 Å². The first kappa shape index (κ1) is 11.4. The molecule has 3 N–H and O–H groups in total. The van der Waals surface area contributed by atoms with Crippen LogP contribution in [0.15, 0.2) is 16.7 Å². The Labute approximate surface area is 102 Å². The lowest BCUT2D eigenvalue weighted by molar-refractivity contribution is 0.0684. The van der Waals surface area contributed by atoms with Gasteiger partial charge in [-0.15, -0.1) is 0 Å². The Kier molecular flexibility index (Phi) is 2.50. The average molecular weight is 301 g/mol. The van der Waals surface area contributed by atoms with Crippen LogP contribution in [-0.4, -0.2) is 36.9 Å². The smallest absolute Gasteiger partial charge is 0.417 e. The molecule has 0 aliphatic carbocycles. The summed E-state index contributed by atoms with van der Waals surface area (Å²) in [4.78, 5) is 25.6. The van der Waals surface area contributed by atoms with Crippen LogP contribution >= 0.6 is 15.9 Å². The van der Waals surface area contributed by atoms with E-state index in [1.807, 2.05) is 0 Å². The van der Waals surface area contributed by atoms with Gasteiger partial charge in [0.25, 0.3) is 0 Å². The van der Waals surface area contributed by atoms with Crippen LogP contribution in [0.3, 0.4) is 0 Å². The third-order valence-electron chi connectivity index (χ3n) is 2.12. The summed E-state index contributed by atoms with van der Waals surface area (Å²) in [5.41, 5.74) is -0.489. The third kappa shape index (κ3) is 1.72. The molecule has 17 heavy (non-hydrogen) atoms. The van der Waals surface area contributed by atoms with Gasteiger partial charge in [-0.1, -0.05) is 0 Å². The first-order valence-electron chi connectivity index (χ1n) is 4.29. The van der Waals surface area contributed by atoms with Gasteiger partial charge < -0.3 is 15.3 Å². The Morgan fingerprint density at radius 3 is 2.47 bits per heavy atom. The molecule has 0 amide bonds. The highest BCUT2D eigenvalue weighted by molar-refractivity contribution is 9.10. The molecule has 0 aliphatic rings. The summed E-state index contributed by atoms with van der Waals surface area (Å²) in [5, 5.41) is 27.4. The van der Waals surface area contributed by atoms with Gasteiger partial charge in [0.15, 0.2) is 5.65 Å². The first-order valence-corrected chi connectivity index (χ1v) is 5.08. The highest BCUT2D eigenvalue weighted by atomic mass is 79.9. The molecule has 2 heterocycles. The minimum Gasteiger partial charge on any atom is -0.505 e. The van der Waals surface area contributed by atoms with Gasteiger partial charge in [0.2, 0.25) is 0 Å². The Balaban J connectivity index is 2.90. The van der Waals surface area contributed by atoms with Crippen molar-refractivity contribution in [2.45, 2.75) is 0 Å². The fraction of sp³-hybridized carbons (Fsp3) is 0. The standard InChI is InChI=1S/C9H5BrN2O5/c10-6-5(13)2-3-1-4(8(14)15)12(9(16)17)7(3)11-6/h1-2,13H,(H,14,15)(H,16,17). The maximum Gasteiger partial charge on any atom is 0.417 e. The van der Waals surface area contributed by atoms with Crippen molar-refractivity contribution in [2.24, 2.45) is 0 Å². The Bertz CT molecular complexity index is 648. The fourth-order valence-corrected chi connectivity index (χ4v) is 1.73. The van der Waals surface area contributed by atoms with Crippen molar-refractivity contribution < 1.29 is 24.9 Å². The number of pyridine rings is 1. The van der Waals surface area contributed by atoms with Crippen LogP contribution in [0.4, 0.5) is 4.79 Å². The summed E-state index contributed by atoms with van der Waals surface area (Å²) in [7, 11) is 0. The molecule has 0 spiro atoms. The number of halogens is 1. The van der Waals surface area contributed by atoms with E-state index in [2.05, 4.69) is 20.9 Å². The molecule has 0 radical (unpaired) electrons. The Morgan fingerprint density at radius 1 is 1.29 bits per heavy atom. The van der Waals surface area contributed by atoms with E-state index in [1.165, 1.54) is 6.07 Å². The van der Waals surface area contributed by atoms with Crippen molar-refractivity contribution in [3.8, 4) is 5.75 Å².